The topological polar surface area (TPSA) is 46.9 Å². The van der Waals surface area contributed by atoms with Crippen molar-refractivity contribution in [1.29, 1.82) is 0 Å². The molecule has 0 saturated carbocycles. The quantitative estimate of drug-likeness (QED) is 0.651. The van der Waals surface area contributed by atoms with Crippen LogP contribution in [-0.2, 0) is 17.1 Å². The van der Waals surface area contributed by atoms with Crippen molar-refractivity contribution in [2.75, 3.05) is 6.54 Å². The van der Waals surface area contributed by atoms with Gasteiger partial charge < -0.3 is 9.88 Å². The normalized spacial score (nSPS) is 11.2. The van der Waals surface area contributed by atoms with Gasteiger partial charge in [-0.1, -0.05) is 44.2 Å². The van der Waals surface area contributed by atoms with Gasteiger partial charge in [0.15, 0.2) is 0 Å². The van der Waals surface area contributed by atoms with Crippen LogP contribution in [0.25, 0.3) is 10.9 Å². The zero-order chi connectivity index (χ0) is 17.6. The van der Waals surface area contributed by atoms with E-state index in [1.165, 1.54) is 5.56 Å². The summed E-state index contributed by atoms with van der Waals surface area (Å²) in [5.74, 6) is 1.38. The Hall–Kier alpha value is -2.27. The first kappa shape index (κ1) is 17.5. The van der Waals surface area contributed by atoms with Crippen LogP contribution in [0.15, 0.2) is 59.9 Å². The zero-order valence-electron chi connectivity index (χ0n) is 14.6. The summed E-state index contributed by atoms with van der Waals surface area (Å²) < 4.78 is 1.99. The van der Waals surface area contributed by atoms with E-state index in [1.807, 2.05) is 35.2 Å². The molecule has 1 aromatic carbocycles. The smallest absolute Gasteiger partial charge is 0.239 e. The highest BCUT2D eigenvalue weighted by atomic mass is 32.2. The molecular weight excluding hydrogens is 330 g/mol. The first-order valence-electron chi connectivity index (χ1n) is 8.51. The average Bonchev–Trinajstić information content (AvgIpc) is 3.02. The first-order valence-corrected chi connectivity index (χ1v) is 9.49. The van der Waals surface area contributed by atoms with Gasteiger partial charge in [0.1, 0.15) is 11.6 Å². The zero-order valence-corrected chi connectivity index (χ0v) is 15.4. The van der Waals surface area contributed by atoms with Gasteiger partial charge in [-0.25, -0.2) is 4.98 Å². The van der Waals surface area contributed by atoms with Crippen molar-refractivity contribution in [3.63, 3.8) is 0 Å². The number of carbonyl (C=O) groups excluding carboxylic acids is 1. The van der Waals surface area contributed by atoms with Crippen molar-refractivity contribution in [2.45, 2.75) is 31.2 Å². The molecule has 0 aliphatic carbocycles. The third kappa shape index (κ3) is 4.63. The maximum atomic E-state index is 12.1. The maximum absolute atomic E-state index is 12.1. The molecule has 0 fully saturated rings. The molecule has 0 spiro atoms. The van der Waals surface area contributed by atoms with E-state index in [-0.39, 0.29) is 5.91 Å². The summed E-state index contributed by atoms with van der Waals surface area (Å²) in [4.78, 5) is 16.6. The van der Waals surface area contributed by atoms with Crippen molar-refractivity contribution in [2.24, 2.45) is 5.92 Å². The Balaban J connectivity index is 1.72. The van der Waals surface area contributed by atoms with Crippen LogP contribution in [0.2, 0.25) is 0 Å². The number of nitrogens with one attached hydrogen (secondary N) is 1. The van der Waals surface area contributed by atoms with Gasteiger partial charge in [0.25, 0.3) is 0 Å². The number of hydrogen-bond acceptors (Lipinski definition) is 3. The predicted octanol–water partition coefficient (Wildman–Crippen LogP) is 4.10. The van der Waals surface area contributed by atoms with Gasteiger partial charge in [-0.2, -0.15) is 0 Å². The molecule has 25 heavy (non-hydrogen) atoms. The second kappa shape index (κ2) is 8.21. The van der Waals surface area contributed by atoms with E-state index in [2.05, 4.69) is 48.4 Å². The number of thioether (sulfide) groups is 1. The molecule has 3 aromatic rings. The van der Waals surface area contributed by atoms with Gasteiger partial charge in [0.05, 0.1) is 5.52 Å². The van der Waals surface area contributed by atoms with E-state index in [1.54, 1.807) is 11.8 Å². The number of hydrogen-bond donors (Lipinski definition) is 1. The minimum Gasteiger partial charge on any atom is -0.354 e. The van der Waals surface area contributed by atoms with Crippen molar-refractivity contribution in [1.82, 2.24) is 14.9 Å². The van der Waals surface area contributed by atoms with Crippen LogP contribution in [0, 0.1) is 5.92 Å². The Morgan fingerprint density at radius 3 is 2.76 bits per heavy atom. The molecule has 0 saturated heterocycles. The third-order valence-electron chi connectivity index (χ3n) is 3.90. The highest BCUT2D eigenvalue weighted by molar-refractivity contribution is 7.98. The van der Waals surface area contributed by atoms with Crippen LogP contribution < -0.4 is 5.32 Å². The summed E-state index contributed by atoms with van der Waals surface area (Å²) in [6.07, 6.45) is 3.78. The van der Waals surface area contributed by atoms with Crippen LogP contribution in [0.1, 0.15) is 19.4 Å². The Morgan fingerprint density at radius 1 is 1.20 bits per heavy atom. The highest BCUT2D eigenvalue weighted by Gasteiger charge is 2.10. The number of rotatable bonds is 7. The standard InChI is InChI=1S/C20H23N3OS/c1-15(2)12-22-19(24)13-23-11-9-17-18(23)8-10-21-20(17)25-14-16-6-4-3-5-7-16/h3-11,15H,12-14H2,1-2H3,(H,22,24). The lowest BCUT2D eigenvalue weighted by molar-refractivity contribution is -0.121. The van der Waals surface area contributed by atoms with Crippen LogP contribution in [0.4, 0.5) is 0 Å². The molecule has 1 amide bonds. The van der Waals surface area contributed by atoms with Crippen molar-refractivity contribution in [3.8, 4) is 0 Å². The highest BCUT2D eigenvalue weighted by Crippen LogP contribution is 2.28. The molecule has 1 N–H and O–H groups in total. The van der Waals surface area contributed by atoms with E-state index in [9.17, 15) is 4.79 Å². The molecule has 130 valence electrons. The Morgan fingerprint density at radius 2 is 2.00 bits per heavy atom. The van der Waals surface area contributed by atoms with Crippen LogP contribution in [0.3, 0.4) is 0 Å². The van der Waals surface area contributed by atoms with Crippen LogP contribution in [0.5, 0.6) is 0 Å². The van der Waals surface area contributed by atoms with Crippen LogP contribution in [-0.4, -0.2) is 22.0 Å². The lowest BCUT2D eigenvalue weighted by atomic mass is 10.2. The largest absolute Gasteiger partial charge is 0.354 e. The van der Waals surface area contributed by atoms with Gasteiger partial charge in [0.2, 0.25) is 5.91 Å². The molecule has 2 heterocycles. The van der Waals surface area contributed by atoms with E-state index in [4.69, 9.17) is 0 Å². The minimum atomic E-state index is 0.0431. The Kier molecular flexibility index (Phi) is 5.76. The van der Waals surface area contributed by atoms with E-state index < -0.39 is 0 Å². The number of amides is 1. The van der Waals surface area contributed by atoms with Gasteiger partial charge in [0, 0.05) is 30.1 Å². The monoisotopic (exact) mass is 353 g/mol. The van der Waals surface area contributed by atoms with Gasteiger partial charge >= 0.3 is 0 Å². The van der Waals surface area contributed by atoms with Crippen LogP contribution >= 0.6 is 11.8 Å². The number of fused-ring (bicyclic) bond motifs is 1. The fraction of sp³-hybridized carbons (Fsp3) is 0.300. The molecule has 3 rings (SSSR count). The lowest BCUT2D eigenvalue weighted by Gasteiger charge is -2.09. The number of benzene rings is 1. The number of aromatic nitrogens is 2. The first-order chi connectivity index (χ1) is 12.1. The van der Waals surface area contributed by atoms with Crippen molar-refractivity contribution < 1.29 is 4.79 Å². The maximum Gasteiger partial charge on any atom is 0.239 e. The number of carbonyl (C=O) groups is 1. The summed E-state index contributed by atoms with van der Waals surface area (Å²) >= 11 is 1.72. The van der Waals surface area contributed by atoms with E-state index >= 15 is 0 Å². The predicted molar refractivity (Wildman–Crippen MR) is 104 cm³/mol. The van der Waals surface area contributed by atoms with Gasteiger partial charge in [-0.3, -0.25) is 4.79 Å². The molecule has 0 aliphatic heterocycles. The minimum absolute atomic E-state index is 0.0431. The lowest BCUT2D eigenvalue weighted by Crippen LogP contribution is -2.30. The van der Waals surface area contributed by atoms with Crippen molar-refractivity contribution in [3.05, 3.63) is 60.4 Å². The molecular formula is C20H23N3OS. The second-order valence-electron chi connectivity index (χ2n) is 6.46. The molecule has 0 radical (unpaired) electrons. The van der Waals surface area contributed by atoms with E-state index in [0.717, 1.165) is 21.7 Å². The average molecular weight is 353 g/mol. The summed E-state index contributed by atoms with van der Waals surface area (Å²) in [6, 6.07) is 14.4. The second-order valence-corrected chi connectivity index (χ2v) is 7.43. The van der Waals surface area contributed by atoms with Gasteiger partial charge in [-0.05, 0) is 23.6 Å². The molecule has 2 aromatic heterocycles. The SMILES string of the molecule is CC(C)CNC(=O)Cn1ccc2c(SCc3ccccc3)nccc21. The molecule has 0 unspecified atom stereocenters. The fourth-order valence-electron chi connectivity index (χ4n) is 2.60. The molecule has 5 heteroatoms. The number of nitrogens with zero attached hydrogens (tertiary/aromatic N) is 2. The van der Waals surface area contributed by atoms with E-state index in [0.29, 0.717) is 19.0 Å². The summed E-state index contributed by atoms with van der Waals surface area (Å²) in [7, 11) is 0. The van der Waals surface area contributed by atoms with Crippen molar-refractivity contribution >= 4 is 28.6 Å². The summed E-state index contributed by atoms with van der Waals surface area (Å²) in [6.45, 7) is 5.22. The molecule has 4 nitrogen and oxygen atoms in total. The summed E-state index contributed by atoms with van der Waals surface area (Å²) in [5, 5.41) is 5.07. The Labute approximate surface area is 152 Å². The molecule has 0 bridgehead atoms. The Bertz CT molecular complexity index is 843. The molecule has 0 aliphatic rings. The number of pyridine rings is 1. The van der Waals surface area contributed by atoms with Gasteiger partial charge in [-0.15, -0.1) is 11.8 Å². The molecule has 0 atom stereocenters. The third-order valence-corrected chi connectivity index (χ3v) is 4.98. The summed E-state index contributed by atoms with van der Waals surface area (Å²) in [5.41, 5.74) is 2.32. The fourth-order valence-corrected chi connectivity index (χ4v) is 3.56.